The normalized spacial score (nSPS) is 11.3. The topological polar surface area (TPSA) is 3.88 Å². The molecule has 0 atom stereocenters. The summed E-state index contributed by atoms with van der Waals surface area (Å²) in [7, 11) is 2.11. The highest BCUT2D eigenvalue weighted by atomic mass is 14.9. The number of hydrogen-bond donors (Lipinski definition) is 0. The lowest BCUT2D eigenvalue weighted by atomic mass is 9.89. The second-order valence-electron chi connectivity index (χ2n) is 12.2. The van der Waals surface area contributed by atoms with Crippen LogP contribution < -0.4 is 4.57 Å². The molecule has 0 fully saturated rings. The molecule has 0 aliphatic heterocycles. The smallest absolute Gasteiger partial charge is 0.201 e. The van der Waals surface area contributed by atoms with Gasteiger partial charge in [-0.05, 0) is 115 Å². The SMILES string of the molecule is Cc1ccc(-c2cccc(-c3cc(-c4cccc5ccccc45)cc(-c4cccc5ccccc45)c3)c2)cc1-c1cccc[n+]1C. The summed E-state index contributed by atoms with van der Waals surface area (Å²) in [5.74, 6) is 0. The molecule has 0 saturated carbocycles. The van der Waals surface area contributed by atoms with Crippen molar-refractivity contribution in [2.75, 3.05) is 0 Å². The molecule has 1 aromatic heterocycles. The zero-order chi connectivity index (χ0) is 31.0. The van der Waals surface area contributed by atoms with Crippen LogP contribution in [0.15, 0.2) is 170 Å². The fourth-order valence-corrected chi connectivity index (χ4v) is 6.82. The molecule has 46 heavy (non-hydrogen) atoms. The maximum atomic E-state index is 2.36. The molecule has 1 nitrogen and oxygen atoms in total. The van der Waals surface area contributed by atoms with Crippen LogP contribution in [-0.4, -0.2) is 0 Å². The van der Waals surface area contributed by atoms with Crippen LogP contribution in [0.4, 0.5) is 0 Å². The van der Waals surface area contributed by atoms with E-state index in [4.69, 9.17) is 0 Å². The summed E-state index contributed by atoms with van der Waals surface area (Å²) in [5.41, 5.74) is 13.5. The molecule has 1 heteroatoms. The van der Waals surface area contributed by atoms with Crippen molar-refractivity contribution in [1.82, 2.24) is 0 Å². The van der Waals surface area contributed by atoms with Crippen molar-refractivity contribution in [2.24, 2.45) is 7.05 Å². The Bertz CT molecular complexity index is 2290. The van der Waals surface area contributed by atoms with E-state index in [0.717, 1.165) is 0 Å². The number of fused-ring (bicyclic) bond motifs is 2. The molecule has 0 bridgehead atoms. The fourth-order valence-electron chi connectivity index (χ4n) is 6.82. The van der Waals surface area contributed by atoms with Crippen LogP contribution >= 0.6 is 0 Å². The third-order valence-corrected chi connectivity index (χ3v) is 9.23. The lowest BCUT2D eigenvalue weighted by molar-refractivity contribution is -0.660. The average molecular weight is 589 g/mol. The van der Waals surface area contributed by atoms with Crippen LogP contribution in [0.5, 0.6) is 0 Å². The van der Waals surface area contributed by atoms with E-state index in [9.17, 15) is 0 Å². The second-order valence-corrected chi connectivity index (χ2v) is 12.2. The molecule has 1 heterocycles. The molecule has 0 N–H and O–H groups in total. The lowest BCUT2D eigenvalue weighted by Gasteiger charge is -2.15. The van der Waals surface area contributed by atoms with Crippen LogP contribution in [0.2, 0.25) is 0 Å². The molecular formula is C45H34N+. The van der Waals surface area contributed by atoms with E-state index in [1.807, 2.05) is 0 Å². The van der Waals surface area contributed by atoms with Crippen molar-refractivity contribution in [3.63, 3.8) is 0 Å². The Labute approximate surface area is 270 Å². The summed E-state index contributed by atoms with van der Waals surface area (Å²) in [6, 6.07) is 59.9. The summed E-state index contributed by atoms with van der Waals surface area (Å²) in [4.78, 5) is 0. The third kappa shape index (κ3) is 5.06. The van der Waals surface area contributed by atoms with Crippen LogP contribution in [0.25, 0.3) is 77.3 Å². The van der Waals surface area contributed by atoms with Crippen molar-refractivity contribution in [3.8, 4) is 55.8 Å². The minimum atomic E-state index is 1.20. The summed E-state index contributed by atoms with van der Waals surface area (Å²) in [6.07, 6.45) is 2.11. The predicted molar refractivity (Wildman–Crippen MR) is 195 cm³/mol. The first kappa shape index (κ1) is 27.7. The predicted octanol–water partition coefficient (Wildman–Crippen LogP) is 11.5. The molecule has 218 valence electrons. The van der Waals surface area contributed by atoms with Crippen LogP contribution in [-0.2, 0) is 7.05 Å². The second kappa shape index (κ2) is 11.6. The van der Waals surface area contributed by atoms with Gasteiger partial charge in [-0.1, -0.05) is 115 Å². The van der Waals surface area contributed by atoms with E-state index >= 15 is 0 Å². The molecule has 0 aliphatic carbocycles. The maximum absolute atomic E-state index is 2.36. The largest absolute Gasteiger partial charge is 0.212 e. The zero-order valence-corrected chi connectivity index (χ0v) is 26.1. The quantitative estimate of drug-likeness (QED) is 0.176. The molecule has 0 saturated heterocycles. The van der Waals surface area contributed by atoms with Gasteiger partial charge in [-0.15, -0.1) is 0 Å². The molecule has 8 rings (SSSR count). The highest BCUT2D eigenvalue weighted by Gasteiger charge is 2.15. The summed E-state index contributed by atoms with van der Waals surface area (Å²) >= 11 is 0. The highest BCUT2D eigenvalue weighted by molar-refractivity contribution is 6.01. The van der Waals surface area contributed by atoms with E-state index in [1.165, 1.54) is 82.9 Å². The minimum Gasteiger partial charge on any atom is -0.201 e. The van der Waals surface area contributed by atoms with Crippen molar-refractivity contribution in [2.45, 2.75) is 6.92 Å². The van der Waals surface area contributed by atoms with E-state index < -0.39 is 0 Å². The Morgan fingerprint density at radius 2 is 0.870 bits per heavy atom. The highest BCUT2D eigenvalue weighted by Crippen LogP contribution is 2.39. The molecule has 0 radical (unpaired) electrons. The van der Waals surface area contributed by atoms with E-state index in [-0.39, 0.29) is 0 Å². The Morgan fingerprint density at radius 3 is 1.52 bits per heavy atom. The molecule has 0 unspecified atom stereocenters. The number of aryl methyl sites for hydroxylation is 2. The van der Waals surface area contributed by atoms with Crippen LogP contribution in [0, 0.1) is 6.92 Å². The van der Waals surface area contributed by atoms with Gasteiger partial charge in [0.25, 0.3) is 0 Å². The van der Waals surface area contributed by atoms with Gasteiger partial charge in [0, 0.05) is 17.7 Å². The van der Waals surface area contributed by atoms with E-state index in [2.05, 4.69) is 189 Å². The summed E-state index contributed by atoms with van der Waals surface area (Å²) < 4.78 is 2.19. The third-order valence-electron chi connectivity index (χ3n) is 9.23. The van der Waals surface area contributed by atoms with Crippen LogP contribution in [0.1, 0.15) is 5.56 Å². The molecule has 0 spiro atoms. The lowest BCUT2D eigenvalue weighted by Crippen LogP contribution is -2.30. The fraction of sp³-hybridized carbons (Fsp3) is 0.0444. The summed E-state index contributed by atoms with van der Waals surface area (Å²) in [5, 5.41) is 5.03. The number of pyridine rings is 1. The Kier molecular flexibility index (Phi) is 7.00. The Balaban J connectivity index is 1.31. The van der Waals surface area contributed by atoms with Crippen molar-refractivity contribution in [1.29, 1.82) is 0 Å². The van der Waals surface area contributed by atoms with Gasteiger partial charge < -0.3 is 0 Å². The van der Waals surface area contributed by atoms with Crippen molar-refractivity contribution in [3.05, 3.63) is 176 Å². The van der Waals surface area contributed by atoms with Gasteiger partial charge in [-0.3, -0.25) is 0 Å². The summed E-state index contributed by atoms with van der Waals surface area (Å²) in [6.45, 7) is 2.19. The monoisotopic (exact) mass is 588 g/mol. The van der Waals surface area contributed by atoms with Crippen molar-refractivity contribution >= 4 is 21.5 Å². The number of aromatic nitrogens is 1. The first-order valence-corrected chi connectivity index (χ1v) is 15.9. The van der Waals surface area contributed by atoms with Gasteiger partial charge in [0.2, 0.25) is 5.69 Å². The Morgan fingerprint density at radius 1 is 0.370 bits per heavy atom. The average Bonchev–Trinajstić information content (AvgIpc) is 3.11. The molecular weight excluding hydrogens is 555 g/mol. The maximum Gasteiger partial charge on any atom is 0.212 e. The number of rotatable bonds is 5. The Hall–Kier alpha value is -5.79. The molecule has 8 aromatic rings. The van der Waals surface area contributed by atoms with Crippen molar-refractivity contribution < 1.29 is 4.57 Å². The number of nitrogens with zero attached hydrogens (tertiary/aromatic N) is 1. The van der Waals surface area contributed by atoms with Crippen LogP contribution in [0.3, 0.4) is 0 Å². The van der Waals surface area contributed by atoms with Gasteiger partial charge in [-0.25, -0.2) is 4.57 Å². The van der Waals surface area contributed by atoms with Gasteiger partial charge in [-0.2, -0.15) is 0 Å². The van der Waals surface area contributed by atoms with E-state index in [1.54, 1.807) is 0 Å². The minimum absolute atomic E-state index is 1.20. The molecule has 7 aromatic carbocycles. The molecule has 0 aliphatic rings. The first-order chi connectivity index (χ1) is 22.6. The number of benzene rings is 7. The number of hydrogen-bond acceptors (Lipinski definition) is 0. The standard InChI is InChI=1S/C45H34N/c1-31-23-24-36(30-44(31)45-22-7-8-25-46(45)2)34-16-9-17-35(26-34)37-27-38(42-20-10-14-32-12-3-5-18-40(32)42)29-39(28-37)43-21-11-15-33-13-4-6-19-41(33)43/h3-30H,1-2H3/q+1. The first-order valence-electron chi connectivity index (χ1n) is 15.9. The van der Waals surface area contributed by atoms with Gasteiger partial charge in [0.05, 0.1) is 0 Å². The van der Waals surface area contributed by atoms with Gasteiger partial charge in [0.15, 0.2) is 6.20 Å². The van der Waals surface area contributed by atoms with E-state index in [0.29, 0.717) is 0 Å². The van der Waals surface area contributed by atoms with Gasteiger partial charge >= 0.3 is 0 Å². The molecule has 0 amide bonds. The van der Waals surface area contributed by atoms with Gasteiger partial charge in [0.1, 0.15) is 7.05 Å². The zero-order valence-electron chi connectivity index (χ0n) is 26.1.